The van der Waals surface area contributed by atoms with E-state index in [0.29, 0.717) is 38.3 Å². The fourth-order valence-electron chi connectivity index (χ4n) is 4.61. The Morgan fingerprint density at radius 1 is 1.25 bits per heavy atom. The molecule has 1 atom stereocenters. The summed E-state index contributed by atoms with van der Waals surface area (Å²) in [6.07, 6.45) is 6.01. The van der Waals surface area contributed by atoms with Crippen molar-refractivity contribution in [3.05, 3.63) is 30.6 Å². The molecule has 1 aliphatic heterocycles. The number of ether oxygens (including phenoxy) is 2. The lowest BCUT2D eigenvalue weighted by molar-refractivity contribution is -0.120. The number of nitrogens with zero attached hydrogens (tertiary/aromatic N) is 4. The SMILES string of the molecule is Cn1ccc(NC(=O)C(CC2CCOCC2)n2ncc3c(S(=O)(=O)C4CC4)cc(OC(F)F)cc32)n1. The minimum atomic E-state index is -3.76. The van der Waals surface area contributed by atoms with Gasteiger partial charge >= 0.3 is 6.61 Å². The molecule has 3 aromatic rings. The second-order valence-electron chi connectivity index (χ2n) is 9.24. The van der Waals surface area contributed by atoms with Gasteiger partial charge in [0.05, 0.1) is 21.9 Å². The van der Waals surface area contributed by atoms with E-state index in [0.717, 1.165) is 18.9 Å². The third-order valence-electron chi connectivity index (χ3n) is 6.61. The van der Waals surface area contributed by atoms with E-state index in [4.69, 9.17) is 4.74 Å². The molecule has 0 bridgehead atoms. The standard InChI is InChI=1S/C23H27F2N5O5S/c1-29-7-4-21(28-29)27-22(31)19(10-14-5-8-34-9-6-14)30-18-11-15(35-23(24)25)12-20(17(18)13-26-30)36(32,33)16-2-3-16/h4,7,11-14,16,19,23H,2-3,5-6,8-10H2,1H3,(H,27,28,31). The molecule has 2 aliphatic rings. The van der Waals surface area contributed by atoms with E-state index in [1.165, 1.54) is 16.9 Å². The van der Waals surface area contributed by atoms with E-state index in [2.05, 4.69) is 20.3 Å². The Labute approximate surface area is 206 Å². The lowest BCUT2D eigenvalue weighted by atomic mass is 9.92. The summed E-state index contributed by atoms with van der Waals surface area (Å²) in [6, 6.07) is 3.24. The van der Waals surface area contributed by atoms with Crippen molar-refractivity contribution in [3.8, 4) is 5.75 Å². The third-order valence-corrected chi connectivity index (χ3v) is 8.91. The molecule has 1 unspecified atom stereocenters. The number of halogens is 2. The first kappa shape index (κ1) is 24.6. The molecule has 1 N–H and O–H groups in total. The van der Waals surface area contributed by atoms with Gasteiger partial charge in [0, 0.05) is 44.0 Å². The average Bonchev–Trinajstić information content (AvgIpc) is 3.51. The number of benzene rings is 1. The number of hydrogen-bond acceptors (Lipinski definition) is 7. The first-order valence-corrected chi connectivity index (χ1v) is 13.3. The smallest absolute Gasteiger partial charge is 0.387 e. The first-order chi connectivity index (χ1) is 17.2. The lowest BCUT2D eigenvalue weighted by Gasteiger charge is -2.26. The van der Waals surface area contributed by atoms with Crippen LogP contribution in [0.15, 0.2) is 35.5 Å². The number of carbonyl (C=O) groups excluding carboxylic acids is 1. The van der Waals surface area contributed by atoms with Crippen LogP contribution >= 0.6 is 0 Å². The van der Waals surface area contributed by atoms with Crippen LogP contribution in [0.3, 0.4) is 0 Å². The highest BCUT2D eigenvalue weighted by atomic mass is 32.2. The lowest BCUT2D eigenvalue weighted by Crippen LogP contribution is -2.30. The third kappa shape index (κ3) is 5.07. The summed E-state index contributed by atoms with van der Waals surface area (Å²) in [7, 11) is -2.04. The van der Waals surface area contributed by atoms with Crippen molar-refractivity contribution in [2.45, 2.75) is 54.9 Å². The van der Waals surface area contributed by atoms with Gasteiger partial charge in [-0.1, -0.05) is 0 Å². The molecule has 3 heterocycles. The molecule has 0 radical (unpaired) electrons. The van der Waals surface area contributed by atoms with Gasteiger partial charge in [-0.2, -0.15) is 19.0 Å². The predicted octanol–water partition coefficient (Wildman–Crippen LogP) is 3.30. The van der Waals surface area contributed by atoms with E-state index >= 15 is 0 Å². The van der Waals surface area contributed by atoms with Crippen LogP contribution in [0.5, 0.6) is 5.75 Å². The van der Waals surface area contributed by atoms with Crippen molar-refractivity contribution in [1.82, 2.24) is 19.6 Å². The number of carbonyl (C=O) groups is 1. The molecule has 2 aromatic heterocycles. The molecular formula is C23H27F2N5O5S. The summed E-state index contributed by atoms with van der Waals surface area (Å²) >= 11 is 0. The predicted molar refractivity (Wildman–Crippen MR) is 126 cm³/mol. The number of sulfone groups is 1. The number of amides is 1. The summed E-state index contributed by atoms with van der Waals surface area (Å²) in [5.41, 5.74) is 0.237. The zero-order valence-electron chi connectivity index (χ0n) is 19.6. The number of alkyl halides is 2. The Bertz CT molecular complexity index is 1360. The molecule has 1 aromatic carbocycles. The maximum atomic E-state index is 13.5. The maximum Gasteiger partial charge on any atom is 0.387 e. The van der Waals surface area contributed by atoms with Crippen molar-refractivity contribution in [3.63, 3.8) is 0 Å². The Balaban J connectivity index is 1.59. The minimum Gasteiger partial charge on any atom is -0.435 e. The molecule has 194 valence electrons. The van der Waals surface area contributed by atoms with Crippen molar-refractivity contribution >= 4 is 32.5 Å². The van der Waals surface area contributed by atoms with Gasteiger partial charge in [0.15, 0.2) is 15.7 Å². The van der Waals surface area contributed by atoms with Crippen molar-refractivity contribution < 1.29 is 31.5 Å². The van der Waals surface area contributed by atoms with Gasteiger partial charge in [-0.15, -0.1) is 0 Å². The van der Waals surface area contributed by atoms with Crippen LogP contribution in [0, 0.1) is 5.92 Å². The van der Waals surface area contributed by atoms with Gasteiger partial charge in [0.2, 0.25) is 5.91 Å². The van der Waals surface area contributed by atoms with Gasteiger partial charge in [0.25, 0.3) is 0 Å². The monoisotopic (exact) mass is 523 g/mol. The molecule has 1 amide bonds. The van der Waals surface area contributed by atoms with Gasteiger partial charge < -0.3 is 14.8 Å². The summed E-state index contributed by atoms with van der Waals surface area (Å²) in [6.45, 7) is -1.98. The number of rotatable bonds is 9. The molecule has 0 spiro atoms. The number of fused-ring (bicyclic) bond motifs is 1. The molecule has 36 heavy (non-hydrogen) atoms. The van der Waals surface area contributed by atoms with Crippen LogP contribution in [0.1, 0.15) is 38.1 Å². The number of nitrogens with one attached hydrogen (secondary N) is 1. The number of aryl methyl sites for hydroxylation is 1. The molecule has 13 heteroatoms. The molecule has 10 nitrogen and oxygen atoms in total. The second kappa shape index (κ2) is 9.77. The van der Waals surface area contributed by atoms with E-state index in [1.54, 1.807) is 24.0 Å². The summed E-state index contributed by atoms with van der Waals surface area (Å²) in [5.74, 6) is -0.173. The summed E-state index contributed by atoms with van der Waals surface area (Å²) in [5, 5.41) is 11.1. The normalized spacial score (nSPS) is 18.0. The highest BCUT2D eigenvalue weighted by Gasteiger charge is 2.39. The molecule has 2 fully saturated rings. The van der Waals surface area contributed by atoms with E-state index < -0.39 is 33.6 Å². The van der Waals surface area contributed by atoms with Crippen LogP contribution in [0.4, 0.5) is 14.6 Å². The first-order valence-electron chi connectivity index (χ1n) is 11.8. The van der Waals surface area contributed by atoms with Gasteiger partial charge in [-0.3, -0.25) is 14.2 Å². The Morgan fingerprint density at radius 3 is 2.64 bits per heavy atom. The Morgan fingerprint density at radius 2 is 2.00 bits per heavy atom. The van der Waals surface area contributed by atoms with Gasteiger partial charge in [-0.25, -0.2) is 8.42 Å². The fourth-order valence-corrected chi connectivity index (χ4v) is 6.47. The van der Waals surface area contributed by atoms with Crippen molar-refractivity contribution in [1.29, 1.82) is 0 Å². The van der Waals surface area contributed by atoms with Crippen molar-refractivity contribution in [2.75, 3.05) is 18.5 Å². The Hall–Kier alpha value is -3.06. The molecular weight excluding hydrogens is 496 g/mol. The largest absolute Gasteiger partial charge is 0.435 e. The highest BCUT2D eigenvalue weighted by molar-refractivity contribution is 7.92. The number of aromatic nitrogens is 4. The average molecular weight is 524 g/mol. The highest BCUT2D eigenvalue weighted by Crippen LogP contribution is 2.40. The fraction of sp³-hybridized carbons (Fsp3) is 0.522. The summed E-state index contributed by atoms with van der Waals surface area (Å²) in [4.78, 5) is 13.4. The van der Waals surface area contributed by atoms with Crippen LogP contribution < -0.4 is 10.1 Å². The molecule has 5 rings (SSSR count). The van der Waals surface area contributed by atoms with E-state index in [1.807, 2.05) is 0 Å². The second-order valence-corrected chi connectivity index (χ2v) is 11.4. The number of anilines is 1. The van der Waals surface area contributed by atoms with Crippen molar-refractivity contribution in [2.24, 2.45) is 13.0 Å². The van der Waals surface area contributed by atoms with Crippen LogP contribution in [-0.2, 0) is 26.4 Å². The molecule has 1 saturated heterocycles. The Kier molecular flexibility index (Phi) is 6.68. The summed E-state index contributed by atoms with van der Waals surface area (Å²) < 4.78 is 65.5. The molecule has 1 saturated carbocycles. The quantitative estimate of drug-likeness (QED) is 0.457. The van der Waals surface area contributed by atoms with E-state index in [9.17, 15) is 22.0 Å². The van der Waals surface area contributed by atoms with Crippen LogP contribution in [0.25, 0.3) is 10.9 Å². The number of hydrogen-bond donors (Lipinski definition) is 1. The maximum absolute atomic E-state index is 13.5. The van der Waals surface area contributed by atoms with E-state index in [-0.39, 0.29) is 27.5 Å². The van der Waals surface area contributed by atoms with Gasteiger partial charge in [0.1, 0.15) is 11.8 Å². The topological polar surface area (TPSA) is 117 Å². The minimum absolute atomic E-state index is 0.112. The van der Waals surface area contributed by atoms with Gasteiger partial charge in [-0.05, 0) is 44.1 Å². The molecule has 1 aliphatic carbocycles. The van der Waals surface area contributed by atoms with Crippen LogP contribution in [0.2, 0.25) is 0 Å². The zero-order chi connectivity index (χ0) is 25.4. The van der Waals surface area contributed by atoms with Crippen LogP contribution in [-0.4, -0.2) is 59.0 Å². The zero-order valence-corrected chi connectivity index (χ0v) is 20.5.